The maximum absolute atomic E-state index is 5.67. The molecule has 3 heteroatoms. The van der Waals surface area contributed by atoms with Gasteiger partial charge in [0.25, 0.3) is 0 Å². The molecule has 0 saturated carbocycles. The molecule has 1 aliphatic rings. The van der Waals surface area contributed by atoms with Gasteiger partial charge in [-0.25, -0.2) is 0 Å². The van der Waals surface area contributed by atoms with Gasteiger partial charge < -0.3 is 9.47 Å². The average molecular weight is 176 g/mol. The standard InChI is InChI=1S/C8H17O2P/c1-4-6-7(5-11)10-8(2,3)9-6/h6-7H,4-5,11H2,1-3H3/t6-,7-/m0/s1. The molecule has 0 amide bonds. The molecule has 1 aliphatic heterocycles. The Labute approximate surface area is 70.8 Å². The quantitative estimate of drug-likeness (QED) is 0.597. The van der Waals surface area contributed by atoms with Crippen molar-refractivity contribution < 1.29 is 9.47 Å². The van der Waals surface area contributed by atoms with E-state index in [9.17, 15) is 0 Å². The van der Waals surface area contributed by atoms with Crippen LogP contribution in [0.15, 0.2) is 0 Å². The lowest BCUT2D eigenvalue weighted by molar-refractivity contribution is -0.144. The van der Waals surface area contributed by atoms with Gasteiger partial charge in [0.1, 0.15) is 0 Å². The molecule has 0 aromatic heterocycles. The zero-order valence-electron chi connectivity index (χ0n) is 7.46. The Morgan fingerprint density at radius 3 is 2.18 bits per heavy atom. The van der Waals surface area contributed by atoms with E-state index in [-0.39, 0.29) is 18.0 Å². The predicted octanol–water partition coefficient (Wildman–Crippen LogP) is 1.79. The van der Waals surface area contributed by atoms with E-state index in [0.29, 0.717) is 0 Å². The lowest BCUT2D eigenvalue weighted by Crippen LogP contribution is -2.22. The highest BCUT2D eigenvalue weighted by molar-refractivity contribution is 7.16. The molecule has 1 saturated heterocycles. The highest BCUT2D eigenvalue weighted by Crippen LogP contribution is 2.30. The maximum atomic E-state index is 5.67. The topological polar surface area (TPSA) is 18.5 Å². The molecule has 0 bridgehead atoms. The second kappa shape index (κ2) is 3.38. The van der Waals surface area contributed by atoms with Crippen LogP contribution in [0.1, 0.15) is 27.2 Å². The van der Waals surface area contributed by atoms with Gasteiger partial charge in [0.2, 0.25) is 0 Å². The first-order valence-electron chi connectivity index (χ1n) is 4.14. The van der Waals surface area contributed by atoms with Gasteiger partial charge in [-0.05, 0) is 26.4 Å². The van der Waals surface area contributed by atoms with Crippen LogP contribution in [0.25, 0.3) is 0 Å². The molecular weight excluding hydrogens is 159 g/mol. The number of hydrogen-bond donors (Lipinski definition) is 0. The lowest BCUT2D eigenvalue weighted by atomic mass is 10.2. The van der Waals surface area contributed by atoms with Gasteiger partial charge in [-0.1, -0.05) is 6.92 Å². The summed E-state index contributed by atoms with van der Waals surface area (Å²) < 4.78 is 11.3. The minimum atomic E-state index is -0.373. The second-order valence-corrected chi connectivity index (χ2v) is 3.83. The summed E-state index contributed by atoms with van der Waals surface area (Å²) in [6.45, 7) is 6.06. The lowest BCUT2D eigenvalue weighted by Gasteiger charge is -2.16. The summed E-state index contributed by atoms with van der Waals surface area (Å²) in [6.07, 6.45) is 2.53. The Hall–Kier alpha value is 0.350. The molecule has 1 fully saturated rings. The van der Waals surface area contributed by atoms with Crippen LogP contribution in [-0.2, 0) is 9.47 Å². The Kier molecular flexibility index (Phi) is 2.90. The van der Waals surface area contributed by atoms with E-state index < -0.39 is 0 Å². The Morgan fingerprint density at radius 2 is 1.82 bits per heavy atom. The normalized spacial score (nSPS) is 36.0. The smallest absolute Gasteiger partial charge is 0.163 e. The van der Waals surface area contributed by atoms with Gasteiger partial charge >= 0.3 is 0 Å². The molecule has 11 heavy (non-hydrogen) atoms. The van der Waals surface area contributed by atoms with Crippen molar-refractivity contribution in [3.63, 3.8) is 0 Å². The van der Waals surface area contributed by atoms with Gasteiger partial charge in [-0.3, -0.25) is 0 Å². The summed E-state index contributed by atoms with van der Waals surface area (Å²) in [5, 5.41) is 0. The van der Waals surface area contributed by atoms with Gasteiger partial charge in [-0.15, -0.1) is 9.24 Å². The van der Waals surface area contributed by atoms with E-state index in [4.69, 9.17) is 9.47 Å². The molecule has 1 heterocycles. The molecule has 1 unspecified atom stereocenters. The first-order valence-corrected chi connectivity index (χ1v) is 4.96. The van der Waals surface area contributed by atoms with E-state index in [1.807, 2.05) is 13.8 Å². The van der Waals surface area contributed by atoms with Crippen LogP contribution in [0.4, 0.5) is 0 Å². The Balaban J connectivity index is 2.55. The van der Waals surface area contributed by atoms with Gasteiger partial charge in [-0.2, -0.15) is 0 Å². The van der Waals surface area contributed by atoms with Crippen molar-refractivity contribution in [3.05, 3.63) is 0 Å². The summed E-state index contributed by atoms with van der Waals surface area (Å²) in [5.74, 6) is -0.373. The van der Waals surface area contributed by atoms with Crippen LogP contribution < -0.4 is 0 Å². The van der Waals surface area contributed by atoms with E-state index >= 15 is 0 Å². The van der Waals surface area contributed by atoms with E-state index in [2.05, 4.69) is 16.2 Å². The van der Waals surface area contributed by atoms with Gasteiger partial charge in [0.05, 0.1) is 12.2 Å². The summed E-state index contributed by atoms with van der Waals surface area (Å²) in [6, 6.07) is 0. The van der Waals surface area contributed by atoms with Crippen molar-refractivity contribution in [1.82, 2.24) is 0 Å². The van der Waals surface area contributed by atoms with Gasteiger partial charge in [0, 0.05) is 0 Å². The highest BCUT2D eigenvalue weighted by Gasteiger charge is 2.38. The van der Waals surface area contributed by atoms with Crippen LogP contribution in [0, 0.1) is 0 Å². The molecule has 3 atom stereocenters. The van der Waals surface area contributed by atoms with Crippen molar-refractivity contribution in [2.24, 2.45) is 0 Å². The van der Waals surface area contributed by atoms with E-state index in [1.165, 1.54) is 0 Å². The zero-order valence-corrected chi connectivity index (χ0v) is 8.62. The largest absolute Gasteiger partial charge is 0.345 e. The van der Waals surface area contributed by atoms with Crippen molar-refractivity contribution in [2.45, 2.75) is 45.2 Å². The van der Waals surface area contributed by atoms with Crippen LogP contribution in [-0.4, -0.2) is 24.2 Å². The molecule has 0 aliphatic carbocycles. The van der Waals surface area contributed by atoms with Crippen molar-refractivity contribution in [2.75, 3.05) is 6.16 Å². The van der Waals surface area contributed by atoms with Crippen LogP contribution in [0.5, 0.6) is 0 Å². The minimum absolute atomic E-state index is 0.264. The van der Waals surface area contributed by atoms with Crippen molar-refractivity contribution in [1.29, 1.82) is 0 Å². The number of hydrogen-bond acceptors (Lipinski definition) is 2. The van der Waals surface area contributed by atoms with Crippen LogP contribution in [0.3, 0.4) is 0 Å². The third-order valence-electron chi connectivity index (χ3n) is 1.92. The van der Waals surface area contributed by atoms with Crippen LogP contribution in [0.2, 0.25) is 0 Å². The maximum Gasteiger partial charge on any atom is 0.163 e. The third kappa shape index (κ3) is 2.14. The van der Waals surface area contributed by atoms with Crippen LogP contribution >= 0.6 is 9.24 Å². The molecule has 66 valence electrons. The summed E-state index contributed by atoms with van der Waals surface area (Å²) in [7, 11) is 2.70. The average Bonchev–Trinajstić information content (AvgIpc) is 2.25. The minimum Gasteiger partial charge on any atom is -0.345 e. The summed E-state index contributed by atoms with van der Waals surface area (Å²) in [4.78, 5) is 0. The SMILES string of the molecule is CC[C@@H]1OC(C)(C)O[C@H]1CP. The number of ether oxygens (including phenoxy) is 2. The second-order valence-electron chi connectivity index (χ2n) is 3.36. The first kappa shape index (κ1) is 9.44. The zero-order chi connectivity index (χ0) is 8.48. The fourth-order valence-electron chi connectivity index (χ4n) is 1.45. The highest BCUT2D eigenvalue weighted by atomic mass is 31.0. The van der Waals surface area contributed by atoms with Crippen molar-refractivity contribution in [3.8, 4) is 0 Å². The third-order valence-corrected chi connectivity index (χ3v) is 2.38. The van der Waals surface area contributed by atoms with E-state index in [0.717, 1.165) is 12.6 Å². The first-order chi connectivity index (χ1) is 5.09. The Morgan fingerprint density at radius 1 is 1.27 bits per heavy atom. The van der Waals surface area contributed by atoms with Gasteiger partial charge in [0.15, 0.2) is 5.79 Å². The van der Waals surface area contributed by atoms with Crippen molar-refractivity contribution >= 4 is 9.24 Å². The summed E-state index contributed by atoms with van der Waals surface area (Å²) >= 11 is 0. The fourth-order valence-corrected chi connectivity index (χ4v) is 1.85. The number of rotatable bonds is 2. The molecule has 0 N–H and O–H groups in total. The molecule has 0 aromatic rings. The molecule has 1 rings (SSSR count). The predicted molar refractivity (Wildman–Crippen MR) is 48.7 cm³/mol. The van der Waals surface area contributed by atoms with E-state index in [1.54, 1.807) is 0 Å². The molecule has 0 spiro atoms. The molecule has 0 radical (unpaired) electrons. The Bertz CT molecular complexity index is 122. The molecule has 0 aromatic carbocycles. The monoisotopic (exact) mass is 176 g/mol. The summed E-state index contributed by atoms with van der Waals surface area (Å²) in [5.41, 5.74) is 0. The molecular formula is C8H17O2P. The fraction of sp³-hybridized carbons (Fsp3) is 1.00. The molecule has 2 nitrogen and oxygen atoms in total.